The SMILES string of the molecule is Cc1ccc(C(CC(=O)Nc2nccs2)C2CCOC(C)(C)C2)cc1. The quantitative estimate of drug-likeness (QED) is 0.837. The zero-order chi connectivity index (χ0) is 17.9. The first-order chi connectivity index (χ1) is 11.9. The molecule has 1 aliphatic heterocycles. The minimum atomic E-state index is -0.127. The molecule has 0 bridgehead atoms. The number of benzene rings is 1. The fourth-order valence-electron chi connectivity index (χ4n) is 3.65. The average molecular weight is 359 g/mol. The van der Waals surface area contributed by atoms with Crippen LogP contribution in [0, 0.1) is 12.8 Å². The number of thiazole rings is 1. The molecular formula is C20H26N2O2S. The summed E-state index contributed by atoms with van der Waals surface area (Å²) in [5, 5.41) is 5.47. The zero-order valence-electron chi connectivity index (χ0n) is 15.1. The van der Waals surface area contributed by atoms with E-state index in [1.165, 1.54) is 22.5 Å². The van der Waals surface area contributed by atoms with Crippen molar-refractivity contribution in [1.29, 1.82) is 0 Å². The second kappa shape index (κ2) is 7.67. The first kappa shape index (κ1) is 18.1. The number of nitrogens with zero attached hydrogens (tertiary/aromatic N) is 1. The van der Waals surface area contributed by atoms with Gasteiger partial charge in [-0.25, -0.2) is 4.98 Å². The molecule has 0 spiro atoms. The molecule has 2 unspecified atom stereocenters. The van der Waals surface area contributed by atoms with Crippen LogP contribution in [0.4, 0.5) is 5.13 Å². The molecular weight excluding hydrogens is 332 g/mol. The lowest BCUT2D eigenvalue weighted by atomic mass is 9.75. The van der Waals surface area contributed by atoms with Crippen LogP contribution in [-0.4, -0.2) is 23.1 Å². The van der Waals surface area contributed by atoms with Crippen LogP contribution in [0.15, 0.2) is 35.8 Å². The van der Waals surface area contributed by atoms with Crippen LogP contribution in [-0.2, 0) is 9.53 Å². The van der Waals surface area contributed by atoms with Crippen molar-refractivity contribution in [3.05, 3.63) is 47.0 Å². The van der Waals surface area contributed by atoms with Gasteiger partial charge in [0, 0.05) is 24.6 Å². The van der Waals surface area contributed by atoms with E-state index in [0.29, 0.717) is 17.5 Å². The van der Waals surface area contributed by atoms with Crippen molar-refractivity contribution < 1.29 is 9.53 Å². The number of carbonyl (C=O) groups excluding carboxylic acids is 1. The van der Waals surface area contributed by atoms with Gasteiger partial charge in [0.15, 0.2) is 5.13 Å². The monoisotopic (exact) mass is 358 g/mol. The van der Waals surface area contributed by atoms with Crippen LogP contribution in [0.1, 0.15) is 50.2 Å². The number of hydrogen-bond acceptors (Lipinski definition) is 4. The molecule has 2 atom stereocenters. The van der Waals surface area contributed by atoms with Crippen LogP contribution in [0.25, 0.3) is 0 Å². The van der Waals surface area contributed by atoms with Gasteiger partial charge in [0.05, 0.1) is 5.60 Å². The minimum Gasteiger partial charge on any atom is -0.376 e. The lowest BCUT2D eigenvalue weighted by Gasteiger charge is -2.39. The van der Waals surface area contributed by atoms with E-state index in [0.717, 1.165) is 19.4 Å². The zero-order valence-corrected chi connectivity index (χ0v) is 15.9. The van der Waals surface area contributed by atoms with Gasteiger partial charge in [-0.15, -0.1) is 11.3 Å². The summed E-state index contributed by atoms with van der Waals surface area (Å²) in [5.41, 5.74) is 2.35. The van der Waals surface area contributed by atoms with Crippen molar-refractivity contribution in [1.82, 2.24) is 4.98 Å². The summed E-state index contributed by atoms with van der Waals surface area (Å²) in [7, 11) is 0. The molecule has 1 amide bonds. The van der Waals surface area contributed by atoms with Gasteiger partial charge in [0.25, 0.3) is 0 Å². The molecule has 25 heavy (non-hydrogen) atoms. The molecule has 1 aromatic carbocycles. The van der Waals surface area contributed by atoms with E-state index < -0.39 is 0 Å². The number of hydrogen-bond donors (Lipinski definition) is 1. The predicted octanol–water partition coefficient (Wildman–Crippen LogP) is 4.77. The second-order valence-electron chi connectivity index (χ2n) is 7.47. The van der Waals surface area contributed by atoms with Gasteiger partial charge in [-0.2, -0.15) is 0 Å². The molecule has 1 fully saturated rings. The summed E-state index contributed by atoms with van der Waals surface area (Å²) in [4.78, 5) is 16.7. The van der Waals surface area contributed by atoms with Crippen LogP contribution in [0.3, 0.4) is 0 Å². The van der Waals surface area contributed by atoms with Crippen molar-refractivity contribution in [2.75, 3.05) is 11.9 Å². The molecule has 1 saturated heterocycles. The van der Waals surface area contributed by atoms with E-state index >= 15 is 0 Å². The first-order valence-electron chi connectivity index (χ1n) is 8.83. The Hall–Kier alpha value is -1.72. The van der Waals surface area contributed by atoms with E-state index in [1.807, 2.05) is 5.38 Å². The molecule has 1 aromatic heterocycles. The molecule has 0 aliphatic carbocycles. The summed E-state index contributed by atoms with van der Waals surface area (Å²) in [6.07, 6.45) is 4.14. The van der Waals surface area contributed by atoms with E-state index in [-0.39, 0.29) is 17.4 Å². The molecule has 3 rings (SSSR count). The third kappa shape index (κ3) is 4.89. The highest BCUT2D eigenvalue weighted by Crippen LogP contribution is 2.40. The summed E-state index contributed by atoms with van der Waals surface area (Å²) in [5.74, 6) is 0.669. The first-order valence-corrected chi connectivity index (χ1v) is 9.71. The number of ether oxygens (including phenoxy) is 1. The maximum atomic E-state index is 12.6. The molecule has 2 heterocycles. The maximum Gasteiger partial charge on any atom is 0.226 e. The number of aromatic nitrogens is 1. The Kier molecular flexibility index (Phi) is 5.54. The number of amides is 1. The van der Waals surface area contributed by atoms with Crippen molar-refractivity contribution in [2.24, 2.45) is 5.92 Å². The van der Waals surface area contributed by atoms with Crippen molar-refractivity contribution >= 4 is 22.4 Å². The third-order valence-corrected chi connectivity index (χ3v) is 5.58. The number of anilines is 1. The molecule has 4 nitrogen and oxygen atoms in total. The van der Waals surface area contributed by atoms with Crippen molar-refractivity contribution in [3.63, 3.8) is 0 Å². The molecule has 134 valence electrons. The van der Waals surface area contributed by atoms with E-state index in [1.54, 1.807) is 6.20 Å². The van der Waals surface area contributed by atoms with E-state index in [4.69, 9.17) is 4.74 Å². The highest BCUT2D eigenvalue weighted by molar-refractivity contribution is 7.13. The van der Waals surface area contributed by atoms with Gasteiger partial charge in [-0.1, -0.05) is 29.8 Å². The largest absolute Gasteiger partial charge is 0.376 e. The fourth-order valence-corrected chi connectivity index (χ4v) is 4.19. The Balaban J connectivity index is 1.78. The molecule has 5 heteroatoms. The predicted molar refractivity (Wildman–Crippen MR) is 102 cm³/mol. The van der Waals surface area contributed by atoms with Gasteiger partial charge in [-0.3, -0.25) is 4.79 Å². The van der Waals surface area contributed by atoms with Crippen LogP contribution >= 0.6 is 11.3 Å². The minimum absolute atomic E-state index is 0.0322. The van der Waals surface area contributed by atoms with Crippen LogP contribution < -0.4 is 5.32 Å². The number of carbonyl (C=O) groups is 1. The normalized spacial score (nSPS) is 20.8. The Bertz CT molecular complexity index is 695. The average Bonchev–Trinajstić information content (AvgIpc) is 3.05. The van der Waals surface area contributed by atoms with Gasteiger partial charge < -0.3 is 10.1 Å². The number of aryl methyl sites for hydroxylation is 1. The Morgan fingerprint density at radius 3 is 2.80 bits per heavy atom. The Labute approximate surface area is 153 Å². The topological polar surface area (TPSA) is 51.2 Å². The summed E-state index contributed by atoms with van der Waals surface area (Å²) in [6.45, 7) is 7.13. The third-order valence-electron chi connectivity index (χ3n) is 4.89. The van der Waals surface area contributed by atoms with Gasteiger partial charge in [0.1, 0.15) is 0 Å². The van der Waals surface area contributed by atoms with Crippen LogP contribution in [0.2, 0.25) is 0 Å². The Morgan fingerprint density at radius 1 is 1.40 bits per heavy atom. The lowest BCUT2D eigenvalue weighted by Crippen LogP contribution is -2.37. The van der Waals surface area contributed by atoms with Crippen molar-refractivity contribution in [3.8, 4) is 0 Å². The molecule has 1 aliphatic rings. The van der Waals surface area contributed by atoms with Gasteiger partial charge >= 0.3 is 0 Å². The van der Waals surface area contributed by atoms with Crippen molar-refractivity contribution in [2.45, 2.75) is 51.6 Å². The summed E-state index contributed by atoms with van der Waals surface area (Å²) >= 11 is 1.45. The number of rotatable bonds is 5. The summed E-state index contributed by atoms with van der Waals surface area (Å²) in [6, 6.07) is 8.59. The highest BCUT2D eigenvalue weighted by atomic mass is 32.1. The van der Waals surface area contributed by atoms with Gasteiger partial charge in [0.2, 0.25) is 5.91 Å². The smallest absolute Gasteiger partial charge is 0.226 e. The maximum absolute atomic E-state index is 12.6. The summed E-state index contributed by atoms with van der Waals surface area (Å²) < 4.78 is 5.88. The number of nitrogens with one attached hydrogen (secondary N) is 1. The van der Waals surface area contributed by atoms with Crippen LogP contribution in [0.5, 0.6) is 0 Å². The van der Waals surface area contributed by atoms with E-state index in [9.17, 15) is 4.79 Å². The highest BCUT2D eigenvalue weighted by Gasteiger charge is 2.35. The molecule has 0 radical (unpaired) electrons. The Morgan fingerprint density at radius 2 is 2.16 bits per heavy atom. The lowest BCUT2D eigenvalue weighted by molar-refractivity contribution is -0.118. The molecule has 2 aromatic rings. The fraction of sp³-hybridized carbons (Fsp3) is 0.500. The second-order valence-corrected chi connectivity index (χ2v) is 8.36. The van der Waals surface area contributed by atoms with E-state index in [2.05, 4.69) is 55.3 Å². The molecule has 1 N–H and O–H groups in total. The standard InChI is InChI=1S/C20H26N2O2S/c1-14-4-6-15(7-5-14)17(16-8-10-24-20(2,3)13-16)12-18(23)22-19-21-9-11-25-19/h4-7,9,11,16-17H,8,10,12-13H2,1-3H3,(H,21,22,23). The molecule has 0 saturated carbocycles. The van der Waals surface area contributed by atoms with Gasteiger partial charge in [-0.05, 0) is 51.0 Å².